The van der Waals surface area contributed by atoms with E-state index >= 15 is 0 Å². The molecule has 4 heterocycles. The minimum atomic E-state index is -1.17. The molecule has 7 atom stereocenters. The monoisotopic (exact) mass is 880 g/mol. The van der Waals surface area contributed by atoms with E-state index in [9.17, 15) is 23.4 Å². The van der Waals surface area contributed by atoms with Crippen LogP contribution in [0, 0.1) is 11.8 Å². The Balaban J connectivity index is 1.17. The highest BCUT2D eigenvalue weighted by atomic mass is 35.5. The number of carbonyl (C=O) groups excluding carboxylic acids is 4. The fourth-order valence-electron chi connectivity index (χ4n) is 7.80. The molecule has 0 radical (unpaired) electrons. The number of methoxy groups -OCH3 is 2. The van der Waals surface area contributed by atoms with Gasteiger partial charge in [0.25, 0.3) is 0 Å². The molecule has 4 aromatic rings. The number of H-pyrrole nitrogens is 2. The molecule has 2 saturated heterocycles. The Hall–Kier alpha value is -4.87. The highest BCUT2D eigenvalue weighted by Crippen LogP contribution is 2.39. The molecule has 18 heteroatoms. The van der Waals surface area contributed by atoms with Crippen molar-refractivity contribution in [3.63, 3.8) is 0 Å². The summed E-state index contributed by atoms with van der Waals surface area (Å²) in [5, 5.41) is 5.68. The van der Waals surface area contributed by atoms with Crippen molar-refractivity contribution in [3.8, 4) is 33.6 Å². The van der Waals surface area contributed by atoms with E-state index in [-0.39, 0.29) is 46.7 Å². The summed E-state index contributed by atoms with van der Waals surface area (Å²) in [5.74, 6) is 0.330. The number of hydrogen-bond donors (Lipinski definition) is 4. The Kier molecular flexibility index (Phi) is 14.3. The molecule has 0 aliphatic carbocycles. The van der Waals surface area contributed by atoms with Gasteiger partial charge >= 0.3 is 12.2 Å². The topological polar surface area (TPSA) is 192 Å². The van der Waals surface area contributed by atoms with Crippen LogP contribution in [-0.4, -0.2) is 120 Å². The zero-order valence-corrected chi connectivity index (χ0v) is 37.4. The average Bonchev–Trinajstić information content (AvgIpc) is 4.07. The molecule has 6 rings (SSSR count). The number of hydrogen-bond acceptors (Lipinski definition) is 10. The van der Waals surface area contributed by atoms with Gasteiger partial charge < -0.3 is 39.9 Å². The number of halogens is 1. The number of aromatic amines is 2. The van der Waals surface area contributed by atoms with Crippen LogP contribution in [0.25, 0.3) is 33.6 Å². The van der Waals surface area contributed by atoms with Gasteiger partial charge in [-0.05, 0) is 47.6 Å². The lowest BCUT2D eigenvalue weighted by atomic mass is 10.0. The van der Waals surface area contributed by atoms with Crippen LogP contribution in [0.3, 0.4) is 0 Å². The maximum atomic E-state index is 13.8. The highest BCUT2D eigenvalue weighted by molar-refractivity contribution is 7.99. The molecule has 2 aliphatic heterocycles. The predicted octanol–water partition coefficient (Wildman–Crippen LogP) is 6.57. The number of nitrogens with one attached hydrogen (secondary N) is 4. The Labute approximate surface area is 362 Å². The van der Waals surface area contributed by atoms with Crippen LogP contribution in [-0.2, 0) is 29.9 Å². The number of benzene rings is 2. The first-order chi connectivity index (χ1) is 28.6. The number of alkyl carbamates (subject to hydrolysis) is 2. The summed E-state index contributed by atoms with van der Waals surface area (Å²) < 4.78 is 22.1. The minimum Gasteiger partial charge on any atom is -0.453 e. The molecule has 0 bridgehead atoms. The quantitative estimate of drug-likeness (QED) is 0.114. The molecule has 1 unspecified atom stereocenters. The number of nitrogens with zero attached hydrogens (tertiary/aromatic N) is 4. The summed E-state index contributed by atoms with van der Waals surface area (Å²) in [7, 11) is 1.36. The molecule has 0 saturated carbocycles. The summed E-state index contributed by atoms with van der Waals surface area (Å²) in [6, 6.07) is 13.6. The van der Waals surface area contributed by atoms with Crippen LogP contribution in [0.4, 0.5) is 9.59 Å². The maximum absolute atomic E-state index is 13.8. The first-order valence-corrected chi connectivity index (χ1v) is 23.1. The first kappa shape index (κ1) is 44.7. The molecular formula is C42H53ClN8O7S2. The molecule has 4 N–H and O–H groups in total. The number of rotatable bonds is 13. The van der Waals surface area contributed by atoms with E-state index in [1.807, 2.05) is 82.5 Å². The number of aromatic nitrogens is 4. The van der Waals surface area contributed by atoms with Crippen molar-refractivity contribution in [2.75, 3.05) is 39.8 Å². The Morgan fingerprint density at radius 2 is 1.28 bits per heavy atom. The van der Waals surface area contributed by atoms with E-state index in [0.29, 0.717) is 41.9 Å². The van der Waals surface area contributed by atoms with E-state index in [1.165, 1.54) is 14.2 Å². The van der Waals surface area contributed by atoms with Crippen LogP contribution in [0.2, 0.25) is 5.15 Å². The Bertz CT molecular complexity index is 2200. The third kappa shape index (κ3) is 9.68. The van der Waals surface area contributed by atoms with Crippen molar-refractivity contribution in [2.24, 2.45) is 11.8 Å². The first-order valence-electron chi connectivity index (χ1n) is 19.8. The SMILES string of the molecule is COC(=O)N[C@H](C(=O)N1C[C@@H](S(C)=O)C[C@H]1c1ncc(-c2ccc(-c3ccc(-c4nc([C@@H]5C[C@H](SC)CN5C(=O)[C@@H](NC(=O)OC)C(C)C)[nH]c4Cl)cc3)cc2)[nH]1)C(C)C. The summed E-state index contributed by atoms with van der Waals surface area (Å²) in [4.78, 5) is 71.5. The number of likely N-dealkylation sites (tertiary alicyclic amines) is 2. The molecule has 2 aliphatic rings. The van der Waals surface area contributed by atoms with Crippen LogP contribution in [0.15, 0.2) is 54.7 Å². The van der Waals surface area contributed by atoms with Crippen LogP contribution in [0.5, 0.6) is 0 Å². The molecule has 2 aromatic carbocycles. The fourth-order valence-corrected chi connectivity index (χ4v) is 9.56. The second kappa shape index (κ2) is 19.2. The zero-order valence-electron chi connectivity index (χ0n) is 35.0. The minimum absolute atomic E-state index is 0.160. The number of thioether (sulfide) groups is 1. The molecule has 60 heavy (non-hydrogen) atoms. The third-order valence-corrected chi connectivity index (χ3v) is 13.8. The molecule has 15 nitrogen and oxygen atoms in total. The van der Waals surface area contributed by atoms with Crippen LogP contribution < -0.4 is 10.6 Å². The number of imidazole rings is 2. The summed E-state index contributed by atoms with van der Waals surface area (Å²) >= 11 is 8.45. The van der Waals surface area contributed by atoms with Gasteiger partial charge in [0.2, 0.25) is 11.8 Å². The molecule has 0 spiro atoms. The van der Waals surface area contributed by atoms with Gasteiger partial charge in [-0.1, -0.05) is 87.8 Å². The van der Waals surface area contributed by atoms with Crippen molar-refractivity contribution >= 4 is 58.2 Å². The fraction of sp³-hybridized carbons (Fsp3) is 0.476. The normalized spacial score (nSPS) is 20.6. The van der Waals surface area contributed by atoms with Crippen molar-refractivity contribution in [1.29, 1.82) is 0 Å². The Morgan fingerprint density at radius 1 is 0.783 bits per heavy atom. The van der Waals surface area contributed by atoms with Gasteiger partial charge in [-0.25, -0.2) is 19.6 Å². The molecule has 322 valence electrons. The summed E-state index contributed by atoms with van der Waals surface area (Å²) in [6.07, 6.45) is 5.20. The van der Waals surface area contributed by atoms with Crippen molar-refractivity contribution < 1.29 is 32.9 Å². The van der Waals surface area contributed by atoms with Crippen molar-refractivity contribution in [2.45, 2.75) is 75.2 Å². The Morgan fingerprint density at radius 3 is 1.78 bits per heavy atom. The second-order valence-corrected chi connectivity index (χ2v) is 19.0. The van der Waals surface area contributed by atoms with Gasteiger partial charge in [0.1, 0.15) is 34.6 Å². The van der Waals surface area contributed by atoms with E-state index < -0.39 is 41.1 Å². The van der Waals surface area contributed by atoms with Gasteiger partial charge in [0.05, 0.1) is 43.4 Å². The van der Waals surface area contributed by atoms with Gasteiger partial charge in [-0.3, -0.25) is 13.8 Å². The smallest absolute Gasteiger partial charge is 0.407 e. The lowest BCUT2D eigenvalue weighted by Crippen LogP contribution is -2.51. The van der Waals surface area contributed by atoms with Crippen molar-refractivity contribution in [3.05, 3.63) is 71.5 Å². The van der Waals surface area contributed by atoms with E-state index in [4.69, 9.17) is 26.1 Å². The van der Waals surface area contributed by atoms with E-state index in [1.54, 1.807) is 34.0 Å². The third-order valence-electron chi connectivity index (χ3n) is 11.3. The van der Waals surface area contributed by atoms with E-state index in [2.05, 4.69) is 25.6 Å². The summed E-state index contributed by atoms with van der Waals surface area (Å²) in [5.41, 5.74) is 5.02. The van der Waals surface area contributed by atoms with Gasteiger partial charge in [-0.2, -0.15) is 11.8 Å². The van der Waals surface area contributed by atoms with Crippen LogP contribution >= 0.6 is 23.4 Å². The number of amides is 4. The average molecular weight is 882 g/mol. The number of ether oxygens (including phenoxy) is 2. The van der Waals surface area contributed by atoms with Gasteiger partial charge in [0, 0.05) is 41.0 Å². The lowest BCUT2D eigenvalue weighted by molar-refractivity contribution is -0.136. The second-order valence-electron chi connectivity index (χ2n) is 15.8. The van der Waals surface area contributed by atoms with E-state index in [0.717, 1.165) is 27.9 Å². The van der Waals surface area contributed by atoms with Crippen LogP contribution in [0.1, 0.15) is 64.3 Å². The lowest BCUT2D eigenvalue weighted by Gasteiger charge is -2.30. The maximum Gasteiger partial charge on any atom is 0.407 e. The molecule has 2 aromatic heterocycles. The standard InChI is InChI=1S/C42H53ClN8O7S2/c1-22(2)33(47-41(54)57-5)39(52)50-20-28(59-7)17-31(50)38-46-35(36(43)49-38)27-15-11-25(12-16-27)24-9-13-26(14-10-24)30-19-44-37(45-30)32-18-29(60(8)56)21-51(32)40(53)34(23(3)4)48-42(55)58-6/h9-16,19,22-23,28-29,31-34H,17-18,20-21H2,1-8H3,(H,44,45)(H,46,49)(H,47,54)(H,48,55)/t28-,29-,31-,32-,33-,34-,60?/m0/s1. The number of carbonyl (C=O) groups is 4. The zero-order chi connectivity index (χ0) is 43.4. The largest absolute Gasteiger partial charge is 0.453 e. The van der Waals surface area contributed by atoms with Gasteiger partial charge in [-0.15, -0.1) is 0 Å². The molecular weight excluding hydrogens is 828 g/mol. The van der Waals surface area contributed by atoms with Gasteiger partial charge in [0.15, 0.2) is 0 Å². The molecule has 4 amide bonds. The van der Waals surface area contributed by atoms with Crippen molar-refractivity contribution in [1.82, 2.24) is 40.4 Å². The summed E-state index contributed by atoms with van der Waals surface area (Å²) in [6.45, 7) is 8.26. The predicted molar refractivity (Wildman–Crippen MR) is 234 cm³/mol. The molecule has 2 fully saturated rings. The highest BCUT2D eigenvalue weighted by Gasteiger charge is 2.44.